The molecule has 1 aliphatic rings. The normalized spacial score (nSPS) is 17.7. The maximum absolute atomic E-state index is 15.0. The van der Waals surface area contributed by atoms with Gasteiger partial charge >= 0.3 is 0 Å². The van der Waals surface area contributed by atoms with E-state index >= 15 is 4.39 Å². The molecule has 3 aromatic rings. The van der Waals surface area contributed by atoms with Crippen LogP contribution in [0, 0.1) is 23.4 Å². The lowest BCUT2D eigenvalue weighted by Crippen LogP contribution is -2.20. The molecule has 202 valence electrons. The predicted octanol–water partition coefficient (Wildman–Crippen LogP) is 9.83. The van der Waals surface area contributed by atoms with E-state index in [0.29, 0.717) is 30.3 Å². The van der Waals surface area contributed by atoms with E-state index in [1.165, 1.54) is 18.6 Å². The van der Waals surface area contributed by atoms with Crippen molar-refractivity contribution in [3.8, 4) is 28.0 Å². The average Bonchev–Trinajstić information content (AvgIpc) is 2.94. The van der Waals surface area contributed by atoms with E-state index < -0.39 is 11.6 Å². The Hall–Kier alpha value is -3.05. The van der Waals surface area contributed by atoms with E-state index in [1.54, 1.807) is 36.4 Å². The molecule has 5 heteroatoms. The van der Waals surface area contributed by atoms with E-state index in [2.05, 4.69) is 13.0 Å². The lowest BCUT2D eigenvalue weighted by Gasteiger charge is -2.28. The number of halogens is 3. The minimum Gasteiger partial charge on any atom is -0.490 e. The van der Waals surface area contributed by atoms with Crippen LogP contribution in [0.2, 0.25) is 0 Å². The lowest BCUT2D eigenvalue weighted by molar-refractivity contribution is -0.00711. The Morgan fingerprint density at radius 3 is 2.26 bits per heavy atom. The van der Waals surface area contributed by atoms with Crippen LogP contribution in [-0.2, 0) is 4.74 Å². The number of benzene rings is 3. The van der Waals surface area contributed by atoms with Crippen LogP contribution in [0.3, 0.4) is 0 Å². The molecule has 1 saturated heterocycles. The van der Waals surface area contributed by atoms with Crippen LogP contribution in [0.5, 0.6) is 5.75 Å². The van der Waals surface area contributed by atoms with Gasteiger partial charge in [-0.1, -0.05) is 81.2 Å². The predicted molar refractivity (Wildman–Crippen MR) is 148 cm³/mol. The minimum atomic E-state index is -0.972. The molecule has 3 aromatic carbocycles. The second-order valence-electron chi connectivity index (χ2n) is 10.0. The van der Waals surface area contributed by atoms with Crippen LogP contribution in [-0.4, -0.2) is 13.2 Å². The molecule has 0 bridgehead atoms. The lowest BCUT2D eigenvalue weighted by atomic mass is 9.93. The molecule has 0 saturated carbocycles. The molecule has 0 spiro atoms. The summed E-state index contributed by atoms with van der Waals surface area (Å²) in [7, 11) is 0. The first-order valence-corrected chi connectivity index (χ1v) is 13.8. The maximum atomic E-state index is 15.0. The quantitative estimate of drug-likeness (QED) is 0.184. The van der Waals surface area contributed by atoms with Crippen LogP contribution < -0.4 is 4.74 Å². The first kappa shape index (κ1) is 28.0. The molecular formula is C33H37F3O2. The SMILES string of the molecule is C/C=C/C1CCC(c2ccc(-c3ccc(-c4ccc(OCCCCCCC)c(F)c4F)cc3)cc2F)OC1. The second kappa shape index (κ2) is 13.7. The molecular weight excluding hydrogens is 485 g/mol. The van der Waals surface area contributed by atoms with Crippen molar-refractivity contribution in [1.82, 2.24) is 0 Å². The maximum Gasteiger partial charge on any atom is 0.201 e. The summed E-state index contributed by atoms with van der Waals surface area (Å²) in [5.41, 5.74) is 2.79. The van der Waals surface area contributed by atoms with Crippen molar-refractivity contribution in [2.75, 3.05) is 13.2 Å². The zero-order valence-electron chi connectivity index (χ0n) is 22.3. The van der Waals surface area contributed by atoms with Gasteiger partial charge in [-0.05, 0) is 61.1 Å². The fourth-order valence-electron chi connectivity index (χ4n) is 5.01. The van der Waals surface area contributed by atoms with Gasteiger partial charge in [0.15, 0.2) is 11.6 Å². The zero-order chi connectivity index (χ0) is 26.9. The summed E-state index contributed by atoms with van der Waals surface area (Å²) < 4.78 is 56.0. The standard InChI is InChI=1S/C33H37F3O2/c1-3-5-6-7-8-20-37-31-19-17-27(32(35)33(31)36)25-13-11-24(12-14-25)26-15-16-28(29(34)21-26)30-18-10-23(9-4-2)22-38-30/h4,9,11-17,19,21,23,30H,3,5-8,10,18,20,22H2,1-2H3/b9-4+. The van der Waals surface area contributed by atoms with Crippen molar-refractivity contribution in [2.24, 2.45) is 5.92 Å². The van der Waals surface area contributed by atoms with Crippen LogP contribution >= 0.6 is 0 Å². The van der Waals surface area contributed by atoms with Gasteiger partial charge in [0.1, 0.15) is 5.82 Å². The number of hydrogen-bond acceptors (Lipinski definition) is 2. The van der Waals surface area contributed by atoms with Gasteiger partial charge in [0.2, 0.25) is 5.82 Å². The molecule has 38 heavy (non-hydrogen) atoms. The minimum absolute atomic E-state index is 0.0618. The molecule has 1 heterocycles. The van der Waals surface area contributed by atoms with Crippen molar-refractivity contribution in [1.29, 1.82) is 0 Å². The highest BCUT2D eigenvalue weighted by molar-refractivity contribution is 5.71. The Kier molecular flexibility index (Phi) is 10.1. The van der Waals surface area contributed by atoms with Crippen LogP contribution in [0.15, 0.2) is 66.7 Å². The first-order valence-electron chi connectivity index (χ1n) is 13.8. The molecule has 2 atom stereocenters. The number of rotatable bonds is 11. The van der Waals surface area contributed by atoms with E-state index in [-0.39, 0.29) is 23.2 Å². The van der Waals surface area contributed by atoms with Gasteiger partial charge in [-0.25, -0.2) is 8.78 Å². The van der Waals surface area contributed by atoms with Gasteiger partial charge in [0, 0.05) is 17.0 Å². The van der Waals surface area contributed by atoms with Gasteiger partial charge < -0.3 is 9.47 Å². The van der Waals surface area contributed by atoms with Crippen molar-refractivity contribution in [3.05, 3.63) is 89.8 Å². The smallest absolute Gasteiger partial charge is 0.201 e. The summed E-state index contributed by atoms with van der Waals surface area (Å²) in [6.45, 7) is 5.11. The molecule has 2 nitrogen and oxygen atoms in total. The highest BCUT2D eigenvalue weighted by Crippen LogP contribution is 2.35. The Balaban J connectivity index is 1.41. The number of unbranched alkanes of at least 4 members (excludes halogenated alkanes) is 4. The average molecular weight is 523 g/mol. The largest absolute Gasteiger partial charge is 0.490 e. The van der Waals surface area contributed by atoms with Crippen LogP contribution in [0.4, 0.5) is 13.2 Å². The molecule has 4 rings (SSSR count). The Labute approximate surface area is 224 Å². The number of ether oxygens (including phenoxy) is 2. The van der Waals surface area contributed by atoms with E-state index in [9.17, 15) is 8.78 Å². The summed E-state index contributed by atoms with van der Waals surface area (Å²) in [5.74, 6) is -1.87. The van der Waals surface area contributed by atoms with Gasteiger partial charge in [-0.15, -0.1) is 0 Å². The summed E-state index contributed by atoms with van der Waals surface area (Å²) in [6.07, 6.45) is 11.0. The topological polar surface area (TPSA) is 18.5 Å². The highest BCUT2D eigenvalue weighted by atomic mass is 19.2. The zero-order valence-corrected chi connectivity index (χ0v) is 22.3. The van der Waals surface area contributed by atoms with Crippen LogP contribution in [0.25, 0.3) is 22.3 Å². The molecule has 0 aromatic heterocycles. The van der Waals surface area contributed by atoms with E-state index in [4.69, 9.17) is 9.47 Å². The number of hydrogen-bond donors (Lipinski definition) is 0. The Bertz CT molecular complexity index is 1210. The van der Waals surface area contributed by atoms with Gasteiger partial charge in [0.05, 0.1) is 19.3 Å². The summed E-state index contributed by atoms with van der Waals surface area (Å²) in [4.78, 5) is 0. The monoisotopic (exact) mass is 522 g/mol. The summed E-state index contributed by atoms with van der Waals surface area (Å²) >= 11 is 0. The molecule has 0 N–H and O–H groups in total. The molecule has 0 aliphatic carbocycles. The third kappa shape index (κ3) is 6.87. The molecule has 1 fully saturated rings. The Morgan fingerprint density at radius 1 is 0.842 bits per heavy atom. The van der Waals surface area contributed by atoms with Gasteiger partial charge in [-0.3, -0.25) is 0 Å². The van der Waals surface area contributed by atoms with E-state index in [1.807, 2.05) is 19.1 Å². The number of allylic oxidation sites excluding steroid dienone is 1. The fraction of sp³-hybridized carbons (Fsp3) is 0.394. The second-order valence-corrected chi connectivity index (χ2v) is 10.0. The van der Waals surface area contributed by atoms with Crippen molar-refractivity contribution >= 4 is 0 Å². The summed E-state index contributed by atoms with van der Waals surface area (Å²) in [6, 6.07) is 15.2. The molecule has 2 unspecified atom stereocenters. The van der Waals surface area contributed by atoms with Crippen molar-refractivity contribution in [3.63, 3.8) is 0 Å². The first-order chi connectivity index (χ1) is 18.5. The van der Waals surface area contributed by atoms with Crippen molar-refractivity contribution in [2.45, 2.75) is 64.9 Å². The van der Waals surface area contributed by atoms with Gasteiger partial charge in [-0.2, -0.15) is 4.39 Å². The van der Waals surface area contributed by atoms with Crippen LogP contribution in [0.1, 0.15) is 70.5 Å². The van der Waals surface area contributed by atoms with Crippen molar-refractivity contribution < 1.29 is 22.6 Å². The third-order valence-corrected chi connectivity index (χ3v) is 7.20. The highest BCUT2D eigenvalue weighted by Gasteiger charge is 2.24. The van der Waals surface area contributed by atoms with Gasteiger partial charge in [0.25, 0.3) is 0 Å². The molecule has 1 aliphatic heterocycles. The molecule has 0 amide bonds. The third-order valence-electron chi connectivity index (χ3n) is 7.20. The molecule has 0 radical (unpaired) electrons. The fourth-order valence-corrected chi connectivity index (χ4v) is 5.01. The van der Waals surface area contributed by atoms with E-state index in [0.717, 1.165) is 49.7 Å². The Morgan fingerprint density at radius 2 is 1.58 bits per heavy atom. The summed E-state index contributed by atoms with van der Waals surface area (Å²) in [5, 5.41) is 0.